The fourth-order valence-electron chi connectivity index (χ4n) is 2.46. The quantitative estimate of drug-likeness (QED) is 0.380. The third-order valence-corrected chi connectivity index (χ3v) is 3.43. The molecule has 2 rings (SSSR count). The van der Waals surface area contributed by atoms with Gasteiger partial charge in [0.2, 0.25) is 0 Å². The molecule has 1 heterocycles. The Kier molecular flexibility index (Phi) is 4.06. The Morgan fingerprint density at radius 2 is 2.05 bits per heavy atom. The first-order valence-electron chi connectivity index (χ1n) is 6.31. The molecule has 114 valence electrons. The highest BCUT2D eigenvalue weighted by Crippen LogP contribution is 2.33. The van der Waals surface area contributed by atoms with E-state index in [2.05, 4.69) is 5.16 Å². The molecule has 1 atom stereocenters. The van der Waals surface area contributed by atoms with Gasteiger partial charge in [-0.3, -0.25) is 4.79 Å². The number of amidine groups is 1. The van der Waals surface area contributed by atoms with E-state index in [1.165, 1.54) is 17.0 Å². The lowest BCUT2D eigenvalue weighted by atomic mass is 10.1. The highest BCUT2D eigenvalue weighted by molar-refractivity contribution is 5.99. The summed E-state index contributed by atoms with van der Waals surface area (Å²) in [5.41, 5.74) is 4.08. The minimum atomic E-state index is -4.61. The van der Waals surface area contributed by atoms with Crippen molar-refractivity contribution in [1.29, 1.82) is 0 Å². The molecule has 0 radical (unpaired) electrons. The maximum atomic E-state index is 13.0. The minimum Gasteiger partial charge on any atom is -0.409 e. The van der Waals surface area contributed by atoms with Crippen LogP contribution in [0, 0.1) is 0 Å². The molecule has 0 aromatic heterocycles. The number of carbonyl (C=O) groups excluding carboxylic acids is 1. The van der Waals surface area contributed by atoms with E-state index >= 15 is 0 Å². The molecule has 1 aliphatic rings. The first-order valence-corrected chi connectivity index (χ1v) is 6.31. The molecular weight excluding hydrogens is 287 g/mol. The number of likely N-dealkylation sites (tertiary alicyclic amines) is 1. The van der Waals surface area contributed by atoms with Gasteiger partial charge in [-0.1, -0.05) is 17.3 Å². The summed E-state index contributed by atoms with van der Waals surface area (Å²) >= 11 is 0. The number of carbonyl (C=O) groups is 1. The number of nitrogens with two attached hydrogens (primary N) is 1. The number of hydrogen-bond donors (Lipinski definition) is 2. The van der Waals surface area contributed by atoms with Gasteiger partial charge in [0.25, 0.3) is 5.91 Å². The number of alkyl halides is 3. The lowest BCUT2D eigenvalue weighted by Crippen LogP contribution is -2.44. The van der Waals surface area contributed by atoms with Gasteiger partial charge in [0, 0.05) is 6.54 Å². The predicted octanol–water partition coefficient (Wildman–Crippen LogP) is 2.06. The van der Waals surface area contributed by atoms with E-state index in [4.69, 9.17) is 10.9 Å². The van der Waals surface area contributed by atoms with E-state index in [-0.39, 0.29) is 12.4 Å². The number of rotatable bonds is 2. The molecule has 0 bridgehead atoms. The zero-order chi connectivity index (χ0) is 15.6. The summed E-state index contributed by atoms with van der Waals surface area (Å²) < 4.78 is 38.9. The van der Waals surface area contributed by atoms with Crippen LogP contribution in [0.4, 0.5) is 13.2 Å². The lowest BCUT2D eigenvalue weighted by molar-refractivity contribution is -0.138. The summed E-state index contributed by atoms with van der Waals surface area (Å²) in [6.45, 7) is 0.270. The van der Waals surface area contributed by atoms with Crippen LogP contribution in [0.2, 0.25) is 0 Å². The zero-order valence-corrected chi connectivity index (χ0v) is 11.0. The summed E-state index contributed by atoms with van der Waals surface area (Å²) in [6.07, 6.45) is -3.57. The molecule has 21 heavy (non-hydrogen) atoms. The average Bonchev–Trinajstić information content (AvgIpc) is 2.94. The Morgan fingerprint density at radius 3 is 2.67 bits per heavy atom. The van der Waals surface area contributed by atoms with Crippen molar-refractivity contribution in [1.82, 2.24) is 4.90 Å². The van der Waals surface area contributed by atoms with Crippen LogP contribution in [0.15, 0.2) is 29.4 Å². The van der Waals surface area contributed by atoms with Crippen molar-refractivity contribution < 1.29 is 23.2 Å². The van der Waals surface area contributed by atoms with Crippen LogP contribution in [0.5, 0.6) is 0 Å². The summed E-state index contributed by atoms with van der Waals surface area (Å²) in [5.74, 6) is -0.942. The number of nitrogens with zero attached hydrogens (tertiary/aromatic N) is 2. The maximum absolute atomic E-state index is 13.0. The van der Waals surface area contributed by atoms with Gasteiger partial charge in [-0.25, -0.2) is 0 Å². The summed E-state index contributed by atoms with van der Waals surface area (Å²) in [4.78, 5) is 13.6. The molecular formula is C13H14F3N3O2. The molecule has 0 spiro atoms. The SMILES string of the molecule is NC(=NO)C1CCCN1C(=O)c1ccccc1C(F)(F)F. The van der Waals surface area contributed by atoms with Crippen molar-refractivity contribution in [2.45, 2.75) is 25.1 Å². The number of halogens is 3. The maximum Gasteiger partial charge on any atom is 0.417 e. The summed E-state index contributed by atoms with van der Waals surface area (Å²) in [6, 6.07) is 3.92. The van der Waals surface area contributed by atoms with E-state index in [0.29, 0.717) is 12.8 Å². The number of amides is 1. The van der Waals surface area contributed by atoms with Gasteiger partial charge < -0.3 is 15.8 Å². The van der Waals surface area contributed by atoms with Crippen molar-refractivity contribution in [3.63, 3.8) is 0 Å². The third kappa shape index (κ3) is 2.93. The Labute approximate surface area is 118 Å². The second-order valence-corrected chi connectivity index (χ2v) is 4.72. The molecule has 1 aromatic rings. The van der Waals surface area contributed by atoms with Gasteiger partial charge in [-0.15, -0.1) is 0 Å². The van der Waals surface area contributed by atoms with Crippen LogP contribution in [0.1, 0.15) is 28.8 Å². The van der Waals surface area contributed by atoms with E-state index in [9.17, 15) is 18.0 Å². The van der Waals surface area contributed by atoms with Crippen LogP contribution in [0.25, 0.3) is 0 Å². The normalized spacial score (nSPS) is 19.9. The second kappa shape index (κ2) is 5.63. The van der Waals surface area contributed by atoms with Gasteiger partial charge in [0.1, 0.15) is 0 Å². The van der Waals surface area contributed by atoms with E-state index < -0.39 is 29.3 Å². The lowest BCUT2D eigenvalue weighted by Gasteiger charge is -2.25. The van der Waals surface area contributed by atoms with Crippen LogP contribution in [-0.4, -0.2) is 34.4 Å². The first kappa shape index (κ1) is 15.1. The smallest absolute Gasteiger partial charge is 0.409 e. The van der Waals surface area contributed by atoms with Gasteiger partial charge in [-0.2, -0.15) is 13.2 Å². The minimum absolute atomic E-state index is 0.176. The van der Waals surface area contributed by atoms with Crippen molar-refractivity contribution in [3.8, 4) is 0 Å². The molecule has 8 heteroatoms. The van der Waals surface area contributed by atoms with Crippen molar-refractivity contribution in [3.05, 3.63) is 35.4 Å². The highest BCUT2D eigenvalue weighted by Gasteiger charge is 2.39. The molecule has 0 saturated carbocycles. The Morgan fingerprint density at radius 1 is 1.38 bits per heavy atom. The standard InChI is InChI=1S/C13H14F3N3O2/c14-13(15,16)9-5-2-1-4-8(9)12(20)19-7-3-6-10(19)11(17)18-21/h1-2,4-5,10,21H,3,6-7H2,(H2,17,18). The van der Waals surface area contributed by atoms with Crippen LogP contribution < -0.4 is 5.73 Å². The Hall–Kier alpha value is -2.25. The van der Waals surface area contributed by atoms with Crippen molar-refractivity contribution >= 4 is 11.7 Å². The number of hydrogen-bond acceptors (Lipinski definition) is 3. The fraction of sp³-hybridized carbons (Fsp3) is 0.385. The number of oxime groups is 1. The Bertz CT molecular complexity index is 572. The van der Waals surface area contributed by atoms with Gasteiger partial charge in [-0.05, 0) is 25.0 Å². The molecule has 1 aromatic carbocycles. The van der Waals surface area contributed by atoms with Crippen LogP contribution in [-0.2, 0) is 6.18 Å². The molecule has 1 aliphatic heterocycles. The number of benzene rings is 1. The summed E-state index contributed by atoms with van der Waals surface area (Å²) in [5, 5.41) is 11.5. The molecule has 1 fully saturated rings. The van der Waals surface area contributed by atoms with Crippen LogP contribution in [0.3, 0.4) is 0 Å². The van der Waals surface area contributed by atoms with E-state index in [1.807, 2.05) is 0 Å². The molecule has 1 unspecified atom stereocenters. The molecule has 3 N–H and O–H groups in total. The summed E-state index contributed by atoms with van der Waals surface area (Å²) in [7, 11) is 0. The van der Waals surface area contributed by atoms with Gasteiger partial charge in [0.15, 0.2) is 5.84 Å². The monoisotopic (exact) mass is 301 g/mol. The van der Waals surface area contributed by atoms with Gasteiger partial charge >= 0.3 is 6.18 Å². The molecule has 0 aliphatic carbocycles. The fourth-order valence-corrected chi connectivity index (χ4v) is 2.46. The highest BCUT2D eigenvalue weighted by atomic mass is 19.4. The van der Waals surface area contributed by atoms with Gasteiger partial charge in [0.05, 0.1) is 17.2 Å². The largest absolute Gasteiger partial charge is 0.417 e. The predicted molar refractivity (Wildman–Crippen MR) is 68.9 cm³/mol. The first-order chi connectivity index (χ1) is 9.86. The Balaban J connectivity index is 2.37. The molecule has 1 saturated heterocycles. The van der Waals surface area contributed by atoms with Crippen molar-refractivity contribution in [2.24, 2.45) is 10.9 Å². The van der Waals surface area contributed by atoms with E-state index in [1.54, 1.807) is 0 Å². The second-order valence-electron chi connectivity index (χ2n) is 4.72. The van der Waals surface area contributed by atoms with E-state index in [0.717, 1.165) is 12.1 Å². The van der Waals surface area contributed by atoms with Crippen LogP contribution >= 0.6 is 0 Å². The third-order valence-electron chi connectivity index (χ3n) is 3.43. The molecule has 1 amide bonds. The zero-order valence-electron chi connectivity index (χ0n) is 11.0. The van der Waals surface area contributed by atoms with Crippen molar-refractivity contribution in [2.75, 3.05) is 6.54 Å². The topological polar surface area (TPSA) is 78.9 Å². The molecule has 5 nitrogen and oxygen atoms in total. The average molecular weight is 301 g/mol.